The Bertz CT molecular complexity index is 257. The van der Waals surface area contributed by atoms with Gasteiger partial charge in [-0.2, -0.15) is 0 Å². The van der Waals surface area contributed by atoms with Crippen LogP contribution in [0.3, 0.4) is 0 Å². The maximum absolute atomic E-state index is 4.15. The Morgan fingerprint density at radius 2 is 2.36 bits per heavy atom. The van der Waals surface area contributed by atoms with Crippen LogP contribution in [0, 0.1) is 0 Å². The van der Waals surface area contributed by atoms with E-state index in [1.54, 1.807) is 6.20 Å². The number of hydrogen-bond acceptors (Lipinski definition) is 1. The molecule has 1 heterocycles. The molecule has 2 heteroatoms. The summed E-state index contributed by atoms with van der Waals surface area (Å²) in [5, 5.41) is 3.10. The maximum Gasteiger partial charge on any atom is 0.136 e. The lowest BCUT2D eigenvalue weighted by atomic mass is 10.3. The summed E-state index contributed by atoms with van der Waals surface area (Å²) < 4.78 is 0. The van der Waals surface area contributed by atoms with Crippen LogP contribution in [0.2, 0.25) is 0 Å². The van der Waals surface area contributed by atoms with Crippen molar-refractivity contribution in [2.75, 3.05) is 0 Å². The van der Waals surface area contributed by atoms with E-state index in [9.17, 15) is 0 Å². The van der Waals surface area contributed by atoms with Crippen LogP contribution >= 0.6 is 0 Å². The average molecular weight is 148 g/mol. The first kappa shape index (κ1) is 7.79. The van der Waals surface area contributed by atoms with Crippen LogP contribution in [0.5, 0.6) is 0 Å². The summed E-state index contributed by atoms with van der Waals surface area (Å²) >= 11 is 0. The molecule has 0 saturated heterocycles. The van der Waals surface area contributed by atoms with Gasteiger partial charge >= 0.3 is 0 Å². The van der Waals surface area contributed by atoms with Gasteiger partial charge in [0.15, 0.2) is 0 Å². The van der Waals surface area contributed by atoms with Gasteiger partial charge in [-0.3, -0.25) is 0 Å². The minimum Gasteiger partial charge on any atom is -0.344 e. The van der Waals surface area contributed by atoms with Crippen molar-refractivity contribution in [2.45, 2.75) is 13.8 Å². The van der Waals surface area contributed by atoms with Crippen LogP contribution in [0.4, 0.5) is 0 Å². The summed E-state index contributed by atoms with van der Waals surface area (Å²) in [6.07, 6.45) is 5.61. The van der Waals surface area contributed by atoms with Crippen molar-refractivity contribution < 1.29 is 0 Å². The quantitative estimate of drug-likeness (QED) is 0.604. The first-order valence-corrected chi connectivity index (χ1v) is 3.57. The molecule has 0 aliphatic carbocycles. The molecule has 58 valence electrons. The summed E-state index contributed by atoms with van der Waals surface area (Å²) in [4.78, 5) is 4.15. The van der Waals surface area contributed by atoms with Crippen molar-refractivity contribution in [3.8, 4) is 0 Å². The van der Waals surface area contributed by atoms with E-state index in [0.717, 1.165) is 17.1 Å². The molecule has 0 unspecified atom stereocenters. The Hall–Kier alpha value is -1.31. The third-order valence-electron chi connectivity index (χ3n) is 1.36. The van der Waals surface area contributed by atoms with Crippen LogP contribution in [-0.4, -0.2) is 5.84 Å². The normalized spacial score (nSPS) is 21.1. The van der Waals surface area contributed by atoms with Gasteiger partial charge in [-0.1, -0.05) is 12.7 Å². The van der Waals surface area contributed by atoms with Crippen molar-refractivity contribution in [2.24, 2.45) is 4.99 Å². The molecular weight excluding hydrogens is 136 g/mol. The minimum atomic E-state index is 0.848. The van der Waals surface area contributed by atoms with Crippen LogP contribution in [0.1, 0.15) is 13.8 Å². The van der Waals surface area contributed by atoms with Gasteiger partial charge in [0.05, 0.1) is 0 Å². The van der Waals surface area contributed by atoms with Gasteiger partial charge in [0, 0.05) is 17.5 Å². The number of nitrogens with zero attached hydrogens (tertiary/aromatic N) is 1. The zero-order valence-corrected chi connectivity index (χ0v) is 6.89. The molecule has 0 fully saturated rings. The van der Waals surface area contributed by atoms with Gasteiger partial charge in [-0.15, -0.1) is 0 Å². The highest BCUT2D eigenvalue weighted by molar-refractivity contribution is 6.04. The second-order valence-corrected chi connectivity index (χ2v) is 2.44. The summed E-state index contributed by atoms with van der Waals surface area (Å²) in [6.45, 7) is 7.76. The third kappa shape index (κ3) is 1.80. The molecule has 0 aromatic heterocycles. The molecular formula is C9H12N2. The molecule has 0 atom stereocenters. The SMILES string of the molecule is C=C1C=C(C)NC1=N/C=C\C. The Kier molecular flexibility index (Phi) is 2.26. The van der Waals surface area contributed by atoms with E-state index in [1.165, 1.54) is 0 Å². The van der Waals surface area contributed by atoms with Crippen molar-refractivity contribution in [1.29, 1.82) is 0 Å². The Morgan fingerprint density at radius 3 is 2.82 bits per heavy atom. The molecule has 0 spiro atoms. The van der Waals surface area contributed by atoms with Crippen molar-refractivity contribution in [3.63, 3.8) is 0 Å². The standard InChI is InChI=1S/C9H12N2/c1-4-5-10-9-7(2)6-8(3)11-9/h4-6H,2H2,1,3H3,(H,10,11)/b5-4-. The zero-order chi connectivity index (χ0) is 8.27. The zero-order valence-electron chi connectivity index (χ0n) is 6.89. The second-order valence-electron chi connectivity index (χ2n) is 2.44. The molecule has 0 radical (unpaired) electrons. The fourth-order valence-electron chi connectivity index (χ4n) is 0.897. The molecule has 0 saturated carbocycles. The average Bonchev–Trinajstić information content (AvgIpc) is 2.26. The van der Waals surface area contributed by atoms with E-state index in [4.69, 9.17) is 0 Å². The first-order valence-electron chi connectivity index (χ1n) is 3.57. The molecule has 1 rings (SSSR count). The predicted octanol–water partition coefficient (Wildman–Crippen LogP) is 1.98. The number of amidine groups is 1. The van der Waals surface area contributed by atoms with Gasteiger partial charge in [-0.05, 0) is 19.9 Å². The van der Waals surface area contributed by atoms with Gasteiger partial charge < -0.3 is 5.32 Å². The van der Waals surface area contributed by atoms with Crippen LogP contribution in [0.15, 0.2) is 41.2 Å². The van der Waals surface area contributed by atoms with Crippen LogP contribution in [0.25, 0.3) is 0 Å². The van der Waals surface area contributed by atoms with Crippen molar-refractivity contribution in [1.82, 2.24) is 5.32 Å². The summed E-state index contributed by atoms with van der Waals surface area (Å²) in [5.74, 6) is 0.848. The fourth-order valence-corrected chi connectivity index (χ4v) is 0.897. The molecule has 0 bridgehead atoms. The van der Waals surface area contributed by atoms with Crippen LogP contribution in [-0.2, 0) is 0 Å². The molecule has 1 aliphatic rings. The van der Waals surface area contributed by atoms with E-state index in [1.807, 2.05) is 26.0 Å². The number of hydrogen-bond donors (Lipinski definition) is 1. The predicted molar refractivity (Wildman–Crippen MR) is 48.3 cm³/mol. The summed E-state index contributed by atoms with van der Waals surface area (Å²) in [5.41, 5.74) is 2.04. The number of rotatable bonds is 1. The lowest BCUT2D eigenvalue weighted by Gasteiger charge is -1.97. The Balaban J connectivity index is 2.74. The molecule has 0 amide bonds. The van der Waals surface area contributed by atoms with Gasteiger partial charge in [0.1, 0.15) is 5.84 Å². The largest absolute Gasteiger partial charge is 0.344 e. The van der Waals surface area contributed by atoms with Gasteiger partial charge in [0.2, 0.25) is 0 Å². The monoisotopic (exact) mass is 148 g/mol. The van der Waals surface area contributed by atoms with E-state index >= 15 is 0 Å². The van der Waals surface area contributed by atoms with Gasteiger partial charge in [0.25, 0.3) is 0 Å². The summed E-state index contributed by atoms with van der Waals surface area (Å²) in [6, 6.07) is 0. The molecule has 2 nitrogen and oxygen atoms in total. The molecule has 0 aromatic carbocycles. The van der Waals surface area contributed by atoms with E-state index in [2.05, 4.69) is 16.9 Å². The minimum absolute atomic E-state index is 0.848. The Labute approximate surface area is 67.0 Å². The van der Waals surface area contributed by atoms with E-state index < -0.39 is 0 Å². The lowest BCUT2D eigenvalue weighted by Crippen LogP contribution is -2.14. The Morgan fingerprint density at radius 1 is 1.64 bits per heavy atom. The van der Waals surface area contributed by atoms with E-state index in [-0.39, 0.29) is 0 Å². The van der Waals surface area contributed by atoms with Crippen LogP contribution < -0.4 is 5.32 Å². The topological polar surface area (TPSA) is 24.4 Å². The smallest absolute Gasteiger partial charge is 0.136 e. The van der Waals surface area contributed by atoms with E-state index in [0.29, 0.717) is 0 Å². The molecule has 1 N–H and O–H groups in total. The number of aliphatic imine (C=N–C) groups is 1. The second kappa shape index (κ2) is 3.19. The number of nitrogens with one attached hydrogen (secondary N) is 1. The molecule has 0 aromatic rings. The van der Waals surface area contributed by atoms with Gasteiger partial charge in [-0.25, -0.2) is 4.99 Å². The highest BCUT2D eigenvalue weighted by Gasteiger charge is 2.08. The third-order valence-corrected chi connectivity index (χ3v) is 1.36. The molecule has 1 aliphatic heterocycles. The fraction of sp³-hybridized carbons (Fsp3) is 0.222. The van der Waals surface area contributed by atoms with Crippen molar-refractivity contribution >= 4 is 5.84 Å². The maximum atomic E-state index is 4.15. The first-order chi connectivity index (χ1) is 5.24. The lowest BCUT2D eigenvalue weighted by molar-refractivity contribution is 1.15. The molecule has 11 heavy (non-hydrogen) atoms. The summed E-state index contributed by atoms with van der Waals surface area (Å²) in [7, 11) is 0. The highest BCUT2D eigenvalue weighted by atomic mass is 15.0. The highest BCUT2D eigenvalue weighted by Crippen LogP contribution is 2.08. The number of allylic oxidation sites excluding steroid dienone is 2. The van der Waals surface area contributed by atoms with Crippen molar-refractivity contribution in [3.05, 3.63) is 36.2 Å².